The van der Waals surface area contributed by atoms with Crippen LogP contribution in [0.1, 0.15) is 18.5 Å². The van der Waals surface area contributed by atoms with Crippen LogP contribution in [0.3, 0.4) is 0 Å². The van der Waals surface area contributed by atoms with Crippen LogP contribution in [0.15, 0.2) is 47.7 Å². The Balaban J connectivity index is 2.05. The van der Waals surface area contributed by atoms with Crippen LogP contribution in [0, 0.1) is 0 Å². The number of allylic oxidation sites excluding steroid dienone is 1. The molecule has 0 fully saturated rings. The molecule has 0 aliphatic carbocycles. The van der Waals surface area contributed by atoms with E-state index in [-0.39, 0.29) is 0 Å². The molecule has 9 heteroatoms. The Kier molecular flexibility index (Phi) is 6.54. The minimum atomic E-state index is -0.753. The van der Waals surface area contributed by atoms with Gasteiger partial charge in [-0.05, 0) is 36.8 Å². The second-order valence-electron chi connectivity index (χ2n) is 6.68. The van der Waals surface area contributed by atoms with Crippen LogP contribution < -0.4 is 34.9 Å². The number of carbonyl (C=O) groups is 2. The summed E-state index contributed by atoms with van der Waals surface area (Å²) in [6.45, 7) is 1.67. The van der Waals surface area contributed by atoms with Crippen LogP contribution in [0.5, 0.6) is 23.0 Å². The normalized spacial score (nSPS) is 15.5. The topological polar surface area (TPSA) is 107 Å². The number of ether oxygens (including phenoxy) is 4. The lowest BCUT2D eigenvalue weighted by molar-refractivity contribution is -0.113. The lowest BCUT2D eigenvalue weighted by Gasteiger charge is -2.29. The summed E-state index contributed by atoms with van der Waals surface area (Å²) in [4.78, 5) is 25.5. The Morgan fingerprint density at radius 3 is 2.13 bits per heavy atom. The number of rotatable bonds is 7. The second kappa shape index (κ2) is 9.29. The van der Waals surface area contributed by atoms with Crippen LogP contribution in [0.25, 0.3) is 0 Å². The van der Waals surface area contributed by atoms with Gasteiger partial charge in [0.25, 0.3) is 5.91 Å². The maximum absolute atomic E-state index is 13.3. The van der Waals surface area contributed by atoms with Gasteiger partial charge in [0, 0.05) is 5.70 Å². The van der Waals surface area contributed by atoms with Crippen molar-refractivity contribution in [1.82, 2.24) is 10.6 Å². The minimum absolute atomic E-state index is 0.333. The lowest BCUT2D eigenvalue weighted by Crippen LogP contribution is -2.46. The number of urea groups is 1. The van der Waals surface area contributed by atoms with Crippen molar-refractivity contribution in [2.75, 3.05) is 33.8 Å². The van der Waals surface area contributed by atoms with Crippen molar-refractivity contribution in [3.63, 3.8) is 0 Å². The van der Waals surface area contributed by atoms with E-state index in [0.717, 1.165) is 0 Å². The Morgan fingerprint density at radius 1 is 0.935 bits per heavy atom. The van der Waals surface area contributed by atoms with Gasteiger partial charge in [0.1, 0.15) is 5.75 Å². The zero-order chi connectivity index (χ0) is 22.5. The molecule has 3 N–H and O–H groups in total. The third-order valence-electron chi connectivity index (χ3n) is 4.89. The molecule has 3 amide bonds. The average molecular weight is 427 g/mol. The predicted octanol–water partition coefficient (Wildman–Crippen LogP) is 2.99. The molecule has 3 rings (SSSR count). The molecule has 0 saturated heterocycles. The van der Waals surface area contributed by atoms with Gasteiger partial charge in [0.15, 0.2) is 11.5 Å². The molecule has 164 valence electrons. The number of benzene rings is 2. The molecule has 1 aliphatic rings. The van der Waals surface area contributed by atoms with Gasteiger partial charge in [-0.25, -0.2) is 4.79 Å². The van der Waals surface area contributed by atoms with Gasteiger partial charge in [0.05, 0.1) is 45.7 Å². The highest BCUT2D eigenvalue weighted by atomic mass is 16.5. The van der Waals surface area contributed by atoms with E-state index in [0.29, 0.717) is 45.5 Å². The van der Waals surface area contributed by atoms with Crippen molar-refractivity contribution in [2.24, 2.45) is 0 Å². The fraction of sp³-hybridized carbons (Fsp3) is 0.273. The maximum atomic E-state index is 13.3. The van der Waals surface area contributed by atoms with Gasteiger partial charge in [-0.3, -0.25) is 4.79 Å². The SMILES string of the molecule is COc1ccccc1NC(=O)C1=C(C)NC(=O)N[C@@H]1c1cc(OC)c(OC)c(OC)c1. The summed E-state index contributed by atoms with van der Waals surface area (Å²) in [6, 6.07) is 9.28. The van der Waals surface area contributed by atoms with E-state index >= 15 is 0 Å². The lowest BCUT2D eigenvalue weighted by atomic mass is 9.94. The van der Waals surface area contributed by atoms with E-state index in [9.17, 15) is 9.59 Å². The molecule has 0 radical (unpaired) electrons. The largest absolute Gasteiger partial charge is 0.495 e. The summed E-state index contributed by atoms with van der Waals surface area (Å²) in [5.74, 6) is 1.35. The maximum Gasteiger partial charge on any atom is 0.319 e. The van der Waals surface area contributed by atoms with Gasteiger partial charge in [-0.2, -0.15) is 0 Å². The number of hydrogen-bond acceptors (Lipinski definition) is 6. The first-order chi connectivity index (χ1) is 14.9. The Bertz CT molecular complexity index is 1010. The highest BCUT2D eigenvalue weighted by Gasteiger charge is 2.33. The van der Waals surface area contributed by atoms with Crippen LogP contribution in [0.2, 0.25) is 0 Å². The van der Waals surface area contributed by atoms with Crippen molar-refractivity contribution < 1.29 is 28.5 Å². The van der Waals surface area contributed by atoms with E-state index in [1.165, 1.54) is 28.4 Å². The van der Waals surface area contributed by atoms with E-state index in [2.05, 4.69) is 16.0 Å². The van der Waals surface area contributed by atoms with E-state index in [1.54, 1.807) is 43.3 Å². The highest BCUT2D eigenvalue weighted by molar-refractivity contribution is 6.07. The standard InChI is InChI=1S/C22H25N3O6/c1-12-18(21(26)24-14-8-6-7-9-15(14)28-2)19(25-22(27)23-12)13-10-16(29-3)20(31-5)17(11-13)30-4/h6-11,19H,1-5H3,(H,24,26)(H2,23,25,27)/t19-/m1/s1. The third-order valence-corrected chi connectivity index (χ3v) is 4.89. The number of methoxy groups -OCH3 is 4. The minimum Gasteiger partial charge on any atom is -0.495 e. The van der Waals surface area contributed by atoms with Gasteiger partial charge in [-0.1, -0.05) is 12.1 Å². The van der Waals surface area contributed by atoms with Gasteiger partial charge < -0.3 is 34.9 Å². The quantitative estimate of drug-likeness (QED) is 0.627. The number of carbonyl (C=O) groups excluding carboxylic acids is 2. The monoisotopic (exact) mass is 427 g/mol. The van der Waals surface area contributed by atoms with Crippen LogP contribution in [0.4, 0.5) is 10.5 Å². The van der Waals surface area contributed by atoms with Crippen molar-refractivity contribution in [3.8, 4) is 23.0 Å². The fourth-order valence-electron chi connectivity index (χ4n) is 3.45. The summed E-state index contributed by atoms with van der Waals surface area (Å²) in [6.07, 6.45) is 0. The molecule has 0 aromatic heterocycles. The van der Waals surface area contributed by atoms with Gasteiger partial charge in [0.2, 0.25) is 5.75 Å². The summed E-state index contributed by atoms with van der Waals surface area (Å²) in [5, 5.41) is 8.31. The molecule has 1 atom stereocenters. The zero-order valence-corrected chi connectivity index (χ0v) is 18.0. The van der Waals surface area contributed by atoms with Crippen molar-refractivity contribution in [1.29, 1.82) is 0 Å². The molecule has 2 aromatic carbocycles. The van der Waals surface area contributed by atoms with E-state index in [1.807, 2.05) is 0 Å². The number of para-hydroxylation sites is 2. The van der Waals surface area contributed by atoms with Gasteiger partial charge >= 0.3 is 6.03 Å². The number of anilines is 1. The fourth-order valence-corrected chi connectivity index (χ4v) is 3.45. The van der Waals surface area contributed by atoms with E-state index < -0.39 is 18.0 Å². The average Bonchev–Trinajstić information content (AvgIpc) is 2.77. The smallest absolute Gasteiger partial charge is 0.319 e. The number of nitrogens with one attached hydrogen (secondary N) is 3. The second-order valence-corrected chi connectivity index (χ2v) is 6.68. The molecule has 31 heavy (non-hydrogen) atoms. The molecule has 2 aromatic rings. The Hall–Kier alpha value is -3.88. The summed E-state index contributed by atoms with van der Waals surface area (Å²) in [5.41, 5.74) is 1.86. The Morgan fingerprint density at radius 2 is 1.55 bits per heavy atom. The first-order valence-electron chi connectivity index (χ1n) is 9.46. The van der Waals surface area contributed by atoms with Crippen molar-refractivity contribution in [2.45, 2.75) is 13.0 Å². The molecular formula is C22H25N3O6. The van der Waals surface area contributed by atoms with Crippen LogP contribution >= 0.6 is 0 Å². The molecule has 0 spiro atoms. The number of amides is 3. The molecule has 1 aliphatic heterocycles. The first kappa shape index (κ1) is 21.8. The summed E-state index contributed by atoms with van der Waals surface area (Å²) >= 11 is 0. The molecule has 0 bridgehead atoms. The Labute approximate surface area is 180 Å². The van der Waals surface area contributed by atoms with Crippen LogP contribution in [-0.2, 0) is 4.79 Å². The molecule has 0 saturated carbocycles. The molecular weight excluding hydrogens is 402 g/mol. The molecule has 9 nitrogen and oxygen atoms in total. The number of hydrogen-bond donors (Lipinski definition) is 3. The van der Waals surface area contributed by atoms with Crippen molar-refractivity contribution in [3.05, 3.63) is 53.2 Å². The predicted molar refractivity (Wildman–Crippen MR) is 115 cm³/mol. The van der Waals surface area contributed by atoms with E-state index in [4.69, 9.17) is 18.9 Å². The third kappa shape index (κ3) is 4.35. The van der Waals surface area contributed by atoms with Gasteiger partial charge in [-0.15, -0.1) is 0 Å². The zero-order valence-electron chi connectivity index (χ0n) is 18.0. The first-order valence-corrected chi connectivity index (χ1v) is 9.46. The van der Waals surface area contributed by atoms with Crippen LogP contribution in [-0.4, -0.2) is 40.4 Å². The molecule has 1 heterocycles. The molecule has 0 unspecified atom stereocenters. The highest BCUT2D eigenvalue weighted by Crippen LogP contribution is 2.41. The van der Waals surface area contributed by atoms with Crippen molar-refractivity contribution >= 4 is 17.6 Å². The summed E-state index contributed by atoms with van der Waals surface area (Å²) in [7, 11) is 6.02. The summed E-state index contributed by atoms with van der Waals surface area (Å²) < 4.78 is 21.5.